The number of carbonyl (C=O) groups is 1. The Morgan fingerprint density at radius 2 is 1.73 bits per heavy atom. The van der Waals surface area contributed by atoms with E-state index in [9.17, 15) is 9.90 Å². The normalized spacial score (nSPS) is 40.4. The van der Waals surface area contributed by atoms with Crippen molar-refractivity contribution in [2.45, 2.75) is 88.2 Å². The summed E-state index contributed by atoms with van der Waals surface area (Å²) in [6, 6.07) is 0. The van der Waals surface area contributed by atoms with Crippen molar-refractivity contribution in [2.24, 2.45) is 17.3 Å². The fraction of sp³-hybridized carbons (Fsp3) is 0.783. The molecule has 3 nitrogen and oxygen atoms in total. The summed E-state index contributed by atoms with van der Waals surface area (Å²) in [4.78, 5) is 15.7. The van der Waals surface area contributed by atoms with Gasteiger partial charge in [0.2, 0.25) is 5.91 Å². The van der Waals surface area contributed by atoms with Crippen molar-refractivity contribution < 1.29 is 9.90 Å². The first-order valence-electron chi connectivity index (χ1n) is 10.7. The summed E-state index contributed by atoms with van der Waals surface area (Å²) in [6.07, 6.45) is 16.0. The molecule has 1 amide bonds. The average molecular weight is 358 g/mol. The molecule has 5 rings (SSSR count). The summed E-state index contributed by atoms with van der Waals surface area (Å²) >= 11 is 0. The molecule has 0 unspecified atom stereocenters. The molecule has 0 radical (unpaired) electrons. The van der Waals surface area contributed by atoms with Crippen LogP contribution in [0.2, 0.25) is 0 Å². The predicted molar refractivity (Wildman–Crippen MR) is 105 cm³/mol. The van der Waals surface area contributed by atoms with Crippen LogP contribution in [0.5, 0.6) is 0 Å². The topological polar surface area (TPSA) is 40.5 Å². The van der Waals surface area contributed by atoms with Gasteiger partial charge < -0.3 is 10.0 Å². The molecule has 0 aromatic heterocycles. The summed E-state index contributed by atoms with van der Waals surface area (Å²) in [7, 11) is 0. The summed E-state index contributed by atoms with van der Waals surface area (Å²) in [5.41, 5.74) is -0.537. The highest BCUT2D eigenvalue weighted by molar-refractivity contribution is 5.78. The summed E-state index contributed by atoms with van der Waals surface area (Å²) in [5, 5.41) is 11.0. The molecule has 0 aromatic rings. The molecule has 2 atom stereocenters. The van der Waals surface area contributed by atoms with Crippen molar-refractivity contribution in [3.8, 4) is 0 Å². The highest BCUT2D eigenvalue weighted by Gasteiger charge is 2.58. The molecule has 1 aliphatic heterocycles. The predicted octanol–water partition coefficient (Wildman–Crippen LogP) is 4.61. The monoisotopic (exact) mass is 357 g/mol. The van der Waals surface area contributed by atoms with Gasteiger partial charge in [-0.2, -0.15) is 0 Å². The van der Waals surface area contributed by atoms with E-state index in [4.69, 9.17) is 0 Å². The summed E-state index contributed by atoms with van der Waals surface area (Å²) < 4.78 is 0. The molecular formula is C23H35NO2. The van der Waals surface area contributed by atoms with E-state index in [1.165, 1.54) is 12.8 Å². The lowest BCUT2D eigenvalue weighted by Gasteiger charge is -2.60. The molecule has 4 bridgehead atoms. The molecule has 0 spiro atoms. The maximum Gasteiger partial charge on any atom is 0.223 e. The number of aliphatic hydroxyl groups is 1. The Labute approximate surface area is 158 Å². The Morgan fingerprint density at radius 3 is 2.31 bits per heavy atom. The zero-order valence-corrected chi connectivity index (χ0v) is 16.2. The van der Waals surface area contributed by atoms with Crippen LogP contribution in [-0.2, 0) is 4.79 Å². The lowest BCUT2D eigenvalue weighted by Crippen LogP contribution is -2.59. The van der Waals surface area contributed by atoms with E-state index < -0.39 is 5.60 Å². The average Bonchev–Trinajstić information content (AvgIpc) is 2.52. The molecule has 5 fully saturated rings. The first-order chi connectivity index (χ1) is 12.4. The molecule has 5 aliphatic rings. The molecule has 1 saturated heterocycles. The number of piperidine rings is 1. The second kappa shape index (κ2) is 6.51. The molecule has 1 N–H and O–H groups in total. The molecular weight excluding hydrogens is 322 g/mol. The van der Waals surface area contributed by atoms with Gasteiger partial charge >= 0.3 is 0 Å². The van der Waals surface area contributed by atoms with Gasteiger partial charge in [0.25, 0.3) is 0 Å². The minimum absolute atomic E-state index is 0.0570. The van der Waals surface area contributed by atoms with Crippen LogP contribution in [0.25, 0.3) is 0 Å². The third-order valence-electron chi connectivity index (χ3n) is 7.87. The smallest absolute Gasteiger partial charge is 0.223 e. The molecule has 0 aromatic carbocycles. The van der Waals surface area contributed by atoms with Crippen molar-refractivity contribution in [2.75, 3.05) is 6.54 Å². The fourth-order valence-electron chi connectivity index (χ4n) is 7.56. The number of rotatable bonds is 6. The largest absolute Gasteiger partial charge is 0.390 e. The van der Waals surface area contributed by atoms with E-state index in [1.807, 2.05) is 12.2 Å². The zero-order valence-electron chi connectivity index (χ0n) is 16.2. The third kappa shape index (κ3) is 3.06. The summed E-state index contributed by atoms with van der Waals surface area (Å²) in [5.74, 6) is 1.60. The van der Waals surface area contributed by atoms with Crippen LogP contribution >= 0.6 is 0 Å². The Balaban J connectivity index is 1.55. The number of carbonyl (C=O) groups excluding carboxylic acids is 1. The molecule has 4 saturated carbocycles. The minimum Gasteiger partial charge on any atom is -0.390 e. The maximum atomic E-state index is 13.5. The molecule has 144 valence electrons. The van der Waals surface area contributed by atoms with Gasteiger partial charge in [-0.25, -0.2) is 0 Å². The minimum atomic E-state index is -0.481. The van der Waals surface area contributed by atoms with Crippen LogP contribution in [0.3, 0.4) is 0 Å². The van der Waals surface area contributed by atoms with E-state index in [0.29, 0.717) is 24.2 Å². The van der Waals surface area contributed by atoms with Gasteiger partial charge in [-0.05, 0) is 87.9 Å². The van der Waals surface area contributed by atoms with Crippen molar-refractivity contribution in [3.63, 3.8) is 0 Å². The van der Waals surface area contributed by atoms with Gasteiger partial charge in [-0.15, -0.1) is 13.2 Å². The fourth-order valence-corrected chi connectivity index (χ4v) is 7.56. The molecule has 3 heteroatoms. The van der Waals surface area contributed by atoms with Crippen LogP contribution in [0.15, 0.2) is 25.3 Å². The maximum absolute atomic E-state index is 13.5. The number of hydrogen-bond acceptors (Lipinski definition) is 2. The number of hydrogen-bond donors (Lipinski definition) is 1. The Kier molecular flexibility index (Phi) is 4.58. The molecule has 1 heterocycles. The van der Waals surface area contributed by atoms with Crippen LogP contribution < -0.4 is 0 Å². The SMILES string of the molecule is C=CCC1(CC=C)CCCCN1C(=O)CC12C[C@H]3C[C@@H](CC(O)(C3)C1)C2. The van der Waals surface area contributed by atoms with E-state index in [1.54, 1.807) is 0 Å². The quantitative estimate of drug-likeness (QED) is 0.705. The Morgan fingerprint density at radius 1 is 1.08 bits per heavy atom. The Bertz CT molecular complexity index is 571. The van der Waals surface area contributed by atoms with E-state index >= 15 is 0 Å². The van der Waals surface area contributed by atoms with Gasteiger partial charge in [0.15, 0.2) is 0 Å². The first kappa shape index (κ1) is 18.3. The van der Waals surface area contributed by atoms with Crippen LogP contribution in [0, 0.1) is 17.3 Å². The molecule has 26 heavy (non-hydrogen) atoms. The standard InChI is InChI=1S/C23H35NO2/c1-3-7-22(8-4-2)9-5-6-10-24(22)20(25)16-21-12-18-11-19(13-21)15-23(26,14-18)17-21/h3-4,18-19,26H,1-2,5-17H2/t18-,19-,21?,23?/m1/s1. The van der Waals surface area contributed by atoms with Crippen LogP contribution in [-0.4, -0.2) is 33.6 Å². The van der Waals surface area contributed by atoms with E-state index in [0.717, 1.165) is 64.3 Å². The second-order valence-electron chi connectivity index (χ2n) is 10.1. The van der Waals surface area contributed by atoms with Crippen molar-refractivity contribution in [1.29, 1.82) is 0 Å². The molecule has 4 aliphatic carbocycles. The number of likely N-dealkylation sites (tertiary alicyclic amines) is 1. The zero-order chi connectivity index (χ0) is 18.4. The summed E-state index contributed by atoms with van der Waals surface area (Å²) in [6.45, 7) is 8.79. The van der Waals surface area contributed by atoms with Crippen LogP contribution in [0.4, 0.5) is 0 Å². The second-order valence-corrected chi connectivity index (χ2v) is 10.1. The number of amides is 1. The van der Waals surface area contributed by atoms with Gasteiger partial charge in [0.1, 0.15) is 0 Å². The van der Waals surface area contributed by atoms with Crippen molar-refractivity contribution in [1.82, 2.24) is 4.90 Å². The van der Waals surface area contributed by atoms with Gasteiger partial charge in [-0.1, -0.05) is 12.2 Å². The van der Waals surface area contributed by atoms with E-state index in [-0.39, 0.29) is 11.0 Å². The highest BCUT2D eigenvalue weighted by Crippen LogP contribution is 2.63. The van der Waals surface area contributed by atoms with Gasteiger partial charge in [0, 0.05) is 18.5 Å². The number of nitrogens with zero attached hydrogens (tertiary/aromatic N) is 1. The van der Waals surface area contributed by atoms with Crippen LogP contribution in [0.1, 0.15) is 77.0 Å². The Hall–Kier alpha value is -1.09. The van der Waals surface area contributed by atoms with Gasteiger partial charge in [-0.3, -0.25) is 4.79 Å². The van der Waals surface area contributed by atoms with Crippen molar-refractivity contribution >= 4 is 5.91 Å². The first-order valence-corrected chi connectivity index (χ1v) is 10.7. The van der Waals surface area contributed by atoms with Crippen molar-refractivity contribution in [3.05, 3.63) is 25.3 Å². The lowest BCUT2D eigenvalue weighted by atomic mass is 9.47. The lowest BCUT2D eigenvalue weighted by molar-refractivity contribution is -0.174. The van der Waals surface area contributed by atoms with E-state index in [2.05, 4.69) is 18.1 Å². The third-order valence-corrected chi connectivity index (χ3v) is 7.87. The van der Waals surface area contributed by atoms with Gasteiger partial charge in [0.05, 0.1) is 5.60 Å². The highest BCUT2D eigenvalue weighted by atomic mass is 16.3.